The second-order valence-electron chi connectivity index (χ2n) is 6.23. The minimum absolute atomic E-state index is 0.130. The number of aryl methyl sites for hydroxylation is 2. The van der Waals surface area contributed by atoms with Crippen LogP contribution in [0.5, 0.6) is 0 Å². The Morgan fingerprint density at radius 2 is 1.68 bits per heavy atom. The summed E-state index contributed by atoms with van der Waals surface area (Å²) in [5.74, 6) is 0. The fourth-order valence-electron chi connectivity index (χ4n) is 2.50. The number of rotatable bonds is 6. The van der Waals surface area contributed by atoms with E-state index in [-0.39, 0.29) is 5.54 Å². The van der Waals surface area contributed by atoms with Crippen molar-refractivity contribution in [2.24, 2.45) is 0 Å². The van der Waals surface area contributed by atoms with Crippen LogP contribution in [0, 0.1) is 13.8 Å². The van der Waals surface area contributed by atoms with Gasteiger partial charge in [-0.3, -0.25) is 0 Å². The van der Waals surface area contributed by atoms with E-state index in [1.165, 1.54) is 16.7 Å². The summed E-state index contributed by atoms with van der Waals surface area (Å²) in [7, 11) is 4.32. The topological polar surface area (TPSA) is 15.3 Å². The number of nitrogens with zero attached hydrogens (tertiary/aromatic N) is 1. The Morgan fingerprint density at radius 1 is 1.16 bits per heavy atom. The van der Waals surface area contributed by atoms with Crippen LogP contribution in [0.4, 0.5) is 0 Å². The highest BCUT2D eigenvalue weighted by Crippen LogP contribution is 2.23. The Bertz CT molecular complexity index is 387. The van der Waals surface area contributed by atoms with E-state index in [0.717, 1.165) is 13.0 Å². The molecule has 0 heterocycles. The van der Waals surface area contributed by atoms with Gasteiger partial charge in [0.1, 0.15) is 0 Å². The molecule has 0 fully saturated rings. The van der Waals surface area contributed by atoms with Gasteiger partial charge in [0.25, 0.3) is 0 Å². The molecule has 1 rings (SSSR count). The van der Waals surface area contributed by atoms with Gasteiger partial charge < -0.3 is 10.2 Å². The van der Waals surface area contributed by atoms with Crippen molar-refractivity contribution in [3.8, 4) is 0 Å². The first-order chi connectivity index (χ1) is 8.80. The van der Waals surface area contributed by atoms with E-state index in [2.05, 4.69) is 77.1 Å². The third-order valence-corrected chi connectivity index (χ3v) is 4.51. The van der Waals surface area contributed by atoms with E-state index < -0.39 is 0 Å². The van der Waals surface area contributed by atoms with Gasteiger partial charge in [0.2, 0.25) is 0 Å². The van der Waals surface area contributed by atoms with Crippen LogP contribution in [-0.2, 0) is 6.42 Å². The monoisotopic (exact) mass is 262 g/mol. The van der Waals surface area contributed by atoms with Crippen molar-refractivity contribution in [2.75, 3.05) is 20.6 Å². The normalized spacial score (nSPS) is 13.9. The molecule has 0 bridgehead atoms. The lowest BCUT2D eigenvalue weighted by Gasteiger charge is -2.41. The minimum atomic E-state index is 0.130. The number of hydrogen-bond donors (Lipinski definition) is 1. The number of hydrogen-bond acceptors (Lipinski definition) is 2. The van der Waals surface area contributed by atoms with Crippen LogP contribution in [0.15, 0.2) is 18.2 Å². The maximum atomic E-state index is 3.67. The second-order valence-corrected chi connectivity index (χ2v) is 6.23. The first-order valence-corrected chi connectivity index (χ1v) is 7.26. The summed E-state index contributed by atoms with van der Waals surface area (Å²) >= 11 is 0. The first-order valence-electron chi connectivity index (χ1n) is 7.26. The molecule has 0 saturated carbocycles. The summed E-state index contributed by atoms with van der Waals surface area (Å²) in [6.45, 7) is 12.3. The molecule has 0 aliphatic rings. The van der Waals surface area contributed by atoms with Crippen molar-refractivity contribution < 1.29 is 0 Å². The SMILES string of the molecule is CCNC(Cc1c(C)cccc1C)C(C)(C)N(C)C. The molecular weight excluding hydrogens is 232 g/mol. The molecule has 2 heteroatoms. The predicted octanol–water partition coefficient (Wildman–Crippen LogP) is 3.16. The molecule has 19 heavy (non-hydrogen) atoms. The number of likely N-dealkylation sites (N-methyl/N-ethyl adjacent to an activating group) is 2. The van der Waals surface area contributed by atoms with Gasteiger partial charge in [-0.15, -0.1) is 0 Å². The molecule has 1 unspecified atom stereocenters. The fourth-order valence-corrected chi connectivity index (χ4v) is 2.50. The molecule has 2 nitrogen and oxygen atoms in total. The summed E-state index contributed by atoms with van der Waals surface area (Å²) in [6.07, 6.45) is 1.08. The van der Waals surface area contributed by atoms with Gasteiger partial charge in [-0.25, -0.2) is 0 Å². The fraction of sp³-hybridized carbons (Fsp3) is 0.647. The molecule has 1 aromatic carbocycles. The molecule has 0 aliphatic heterocycles. The lowest BCUT2D eigenvalue weighted by molar-refractivity contribution is 0.138. The van der Waals surface area contributed by atoms with Crippen LogP contribution < -0.4 is 5.32 Å². The van der Waals surface area contributed by atoms with Crippen LogP contribution >= 0.6 is 0 Å². The minimum Gasteiger partial charge on any atom is -0.312 e. The van der Waals surface area contributed by atoms with Gasteiger partial charge in [-0.05, 0) is 71.4 Å². The van der Waals surface area contributed by atoms with Crippen molar-refractivity contribution in [3.05, 3.63) is 34.9 Å². The van der Waals surface area contributed by atoms with Crippen molar-refractivity contribution in [1.29, 1.82) is 0 Å². The molecule has 1 N–H and O–H groups in total. The average Bonchev–Trinajstić information content (AvgIpc) is 2.32. The molecule has 0 aromatic heterocycles. The van der Waals surface area contributed by atoms with Gasteiger partial charge in [0.15, 0.2) is 0 Å². The van der Waals surface area contributed by atoms with E-state index >= 15 is 0 Å². The predicted molar refractivity (Wildman–Crippen MR) is 84.9 cm³/mol. The summed E-state index contributed by atoms with van der Waals surface area (Å²) < 4.78 is 0. The molecular formula is C17H30N2. The van der Waals surface area contributed by atoms with Gasteiger partial charge in [-0.2, -0.15) is 0 Å². The van der Waals surface area contributed by atoms with Crippen LogP contribution in [0.2, 0.25) is 0 Å². The Hall–Kier alpha value is -0.860. The molecule has 1 aromatic rings. The van der Waals surface area contributed by atoms with Gasteiger partial charge in [0, 0.05) is 11.6 Å². The van der Waals surface area contributed by atoms with E-state index in [1.54, 1.807) is 0 Å². The molecule has 0 radical (unpaired) electrons. The number of benzene rings is 1. The zero-order chi connectivity index (χ0) is 14.6. The Labute approximate surface area is 119 Å². The molecule has 0 spiro atoms. The highest BCUT2D eigenvalue weighted by atomic mass is 15.2. The Balaban J connectivity index is 3.03. The molecule has 0 saturated heterocycles. The summed E-state index contributed by atoms with van der Waals surface area (Å²) in [6, 6.07) is 7.03. The van der Waals surface area contributed by atoms with Crippen LogP contribution in [0.25, 0.3) is 0 Å². The maximum Gasteiger partial charge on any atom is 0.0303 e. The zero-order valence-corrected chi connectivity index (χ0v) is 13.7. The largest absolute Gasteiger partial charge is 0.312 e. The standard InChI is InChI=1S/C17H30N2/c1-8-18-16(17(4,5)19(6)7)12-15-13(2)10-9-11-14(15)3/h9-11,16,18H,8,12H2,1-7H3. The summed E-state index contributed by atoms with van der Waals surface area (Å²) in [4.78, 5) is 2.31. The third-order valence-electron chi connectivity index (χ3n) is 4.51. The smallest absolute Gasteiger partial charge is 0.0303 e. The zero-order valence-electron chi connectivity index (χ0n) is 13.7. The van der Waals surface area contributed by atoms with Gasteiger partial charge in [-0.1, -0.05) is 25.1 Å². The van der Waals surface area contributed by atoms with Crippen molar-refractivity contribution in [3.63, 3.8) is 0 Å². The molecule has 1 atom stereocenters. The van der Waals surface area contributed by atoms with Crippen molar-refractivity contribution in [2.45, 2.75) is 52.6 Å². The maximum absolute atomic E-state index is 3.67. The summed E-state index contributed by atoms with van der Waals surface area (Å²) in [5, 5.41) is 3.67. The molecule has 108 valence electrons. The molecule has 0 amide bonds. The lowest BCUT2D eigenvalue weighted by atomic mass is 9.85. The Kier molecular flexibility index (Phi) is 5.57. The van der Waals surface area contributed by atoms with Gasteiger partial charge >= 0.3 is 0 Å². The van der Waals surface area contributed by atoms with E-state index in [9.17, 15) is 0 Å². The van der Waals surface area contributed by atoms with Crippen LogP contribution in [0.3, 0.4) is 0 Å². The average molecular weight is 262 g/mol. The second kappa shape index (κ2) is 6.53. The highest BCUT2D eigenvalue weighted by molar-refractivity contribution is 5.34. The first kappa shape index (κ1) is 16.2. The molecule has 0 aliphatic carbocycles. The van der Waals surface area contributed by atoms with E-state index in [0.29, 0.717) is 6.04 Å². The number of nitrogens with one attached hydrogen (secondary N) is 1. The highest BCUT2D eigenvalue weighted by Gasteiger charge is 2.31. The van der Waals surface area contributed by atoms with Crippen molar-refractivity contribution in [1.82, 2.24) is 10.2 Å². The van der Waals surface area contributed by atoms with E-state index in [1.807, 2.05) is 0 Å². The third kappa shape index (κ3) is 3.80. The van der Waals surface area contributed by atoms with Crippen molar-refractivity contribution >= 4 is 0 Å². The Morgan fingerprint density at radius 3 is 2.11 bits per heavy atom. The summed E-state index contributed by atoms with van der Waals surface area (Å²) in [5.41, 5.74) is 4.42. The lowest BCUT2D eigenvalue weighted by Crippen LogP contribution is -2.56. The van der Waals surface area contributed by atoms with E-state index in [4.69, 9.17) is 0 Å². The quantitative estimate of drug-likeness (QED) is 0.847. The van der Waals surface area contributed by atoms with Gasteiger partial charge in [0.05, 0.1) is 0 Å². The van der Waals surface area contributed by atoms with Crippen LogP contribution in [-0.4, -0.2) is 37.1 Å². The van der Waals surface area contributed by atoms with Crippen LogP contribution in [0.1, 0.15) is 37.5 Å².